The molecule has 0 heterocycles. The third kappa shape index (κ3) is 4.18. The van der Waals surface area contributed by atoms with Crippen molar-refractivity contribution >= 4 is 15.7 Å². The van der Waals surface area contributed by atoms with Gasteiger partial charge in [-0.25, -0.2) is 8.42 Å². The van der Waals surface area contributed by atoms with Gasteiger partial charge in [0.2, 0.25) is 0 Å². The van der Waals surface area contributed by atoms with E-state index in [4.69, 9.17) is 11.1 Å². The van der Waals surface area contributed by atoms with Crippen molar-refractivity contribution in [1.29, 1.82) is 5.41 Å². The first-order valence-electron chi connectivity index (χ1n) is 7.15. The van der Waals surface area contributed by atoms with Crippen molar-refractivity contribution in [1.82, 2.24) is 4.90 Å². The highest BCUT2D eigenvalue weighted by Crippen LogP contribution is 2.35. The average Bonchev–Trinajstić information content (AvgIpc) is 3.13. The summed E-state index contributed by atoms with van der Waals surface area (Å²) in [6, 6.07) is 0.961. The van der Waals surface area contributed by atoms with E-state index in [2.05, 4.69) is 4.90 Å². The molecule has 5 nitrogen and oxygen atoms in total. The summed E-state index contributed by atoms with van der Waals surface area (Å²) in [7, 11) is -2.92. The van der Waals surface area contributed by atoms with Gasteiger partial charge in [0.05, 0.1) is 11.1 Å². The van der Waals surface area contributed by atoms with Gasteiger partial charge in [-0.05, 0) is 32.1 Å². The molecule has 2 aliphatic rings. The van der Waals surface area contributed by atoms with E-state index in [0.29, 0.717) is 18.5 Å². The number of amidine groups is 1. The second-order valence-electron chi connectivity index (χ2n) is 6.02. The van der Waals surface area contributed by atoms with Crippen LogP contribution in [0.25, 0.3) is 0 Å². The maximum absolute atomic E-state index is 11.7. The third-order valence-corrected chi connectivity index (χ3v) is 5.97. The Morgan fingerprint density at radius 1 is 1.26 bits per heavy atom. The van der Waals surface area contributed by atoms with Gasteiger partial charge in [0.15, 0.2) is 0 Å². The fourth-order valence-electron chi connectivity index (χ4n) is 3.13. The quantitative estimate of drug-likeness (QED) is 0.566. The Morgan fingerprint density at radius 2 is 1.95 bits per heavy atom. The van der Waals surface area contributed by atoms with Gasteiger partial charge in [-0.15, -0.1) is 0 Å². The molecule has 0 amide bonds. The van der Waals surface area contributed by atoms with Crippen molar-refractivity contribution in [3.63, 3.8) is 0 Å². The standard InChI is InChI=1S/C13H25N3O2S/c1-19(17,18)12-4-2-3-11(9-12)16(10-5-6-10)8-7-13(14)15/h10-12H,2-9H2,1H3,(H3,14,15). The minimum Gasteiger partial charge on any atom is -0.388 e. The Morgan fingerprint density at radius 3 is 2.47 bits per heavy atom. The van der Waals surface area contributed by atoms with Crippen LogP contribution in [0.15, 0.2) is 0 Å². The van der Waals surface area contributed by atoms with Gasteiger partial charge in [0.1, 0.15) is 9.84 Å². The van der Waals surface area contributed by atoms with Crippen molar-refractivity contribution in [2.45, 2.75) is 62.3 Å². The molecule has 0 aromatic carbocycles. The van der Waals surface area contributed by atoms with E-state index in [-0.39, 0.29) is 11.1 Å². The lowest BCUT2D eigenvalue weighted by Gasteiger charge is -2.37. The monoisotopic (exact) mass is 287 g/mol. The van der Waals surface area contributed by atoms with E-state index >= 15 is 0 Å². The number of hydrogen-bond donors (Lipinski definition) is 2. The van der Waals surface area contributed by atoms with E-state index < -0.39 is 9.84 Å². The smallest absolute Gasteiger partial charge is 0.150 e. The molecule has 0 saturated heterocycles. The first-order valence-corrected chi connectivity index (χ1v) is 9.11. The highest BCUT2D eigenvalue weighted by Gasteiger charge is 2.38. The van der Waals surface area contributed by atoms with Crippen molar-refractivity contribution in [3.05, 3.63) is 0 Å². The van der Waals surface area contributed by atoms with E-state index in [9.17, 15) is 8.42 Å². The zero-order valence-corrected chi connectivity index (χ0v) is 12.5. The second-order valence-corrected chi connectivity index (χ2v) is 8.34. The minimum atomic E-state index is -2.92. The van der Waals surface area contributed by atoms with Crippen LogP contribution in [0, 0.1) is 5.41 Å². The van der Waals surface area contributed by atoms with Crippen LogP contribution in [0.1, 0.15) is 44.9 Å². The van der Waals surface area contributed by atoms with Crippen LogP contribution >= 0.6 is 0 Å². The molecule has 0 aliphatic heterocycles. The maximum atomic E-state index is 11.7. The molecule has 2 atom stereocenters. The van der Waals surface area contributed by atoms with Crippen LogP contribution in [0.2, 0.25) is 0 Å². The number of nitrogens with two attached hydrogens (primary N) is 1. The van der Waals surface area contributed by atoms with Crippen molar-refractivity contribution in [2.24, 2.45) is 5.73 Å². The Labute approximate surface area is 116 Å². The molecule has 19 heavy (non-hydrogen) atoms. The Bertz CT molecular complexity index is 431. The van der Waals surface area contributed by atoms with Gasteiger partial charge < -0.3 is 5.73 Å². The second kappa shape index (κ2) is 5.79. The lowest BCUT2D eigenvalue weighted by molar-refractivity contribution is 0.152. The topological polar surface area (TPSA) is 87.2 Å². The van der Waals surface area contributed by atoms with Gasteiger partial charge in [-0.3, -0.25) is 10.3 Å². The fraction of sp³-hybridized carbons (Fsp3) is 0.923. The molecular weight excluding hydrogens is 262 g/mol. The largest absolute Gasteiger partial charge is 0.388 e. The van der Waals surface area contributed by atoms with Gasteiger partial charge in [-0.2, -0.15) is 0 Å². The van der Waals surface area contributed by atoms with Crippen molar-refractivity contribution in [2.75, 3.05) is 12.8 Å². The third-order valence-electron chi connectivity index (χ3n) is 4.33. The predicted octanol–water partition coefficient (Wildman–Crippen LogP) is 1.13. The number of sulfone groups is 1. The molecule has 0 bridgehead atoms. The number of hydrogen-bond acceptors (Lipinski definition) is 4. The Balaban J connectivity index is 1.98. The number of nitrogens with one attached hydrogen (secondary N) is 1. The highest BCUT2D eigenvalue weighted by atomic mass is 32.2. The average molecular weight is 287 g/mol. The number of rotatable bonds is 6. The van der Waals surface area contributed by atoms with Crippen LogP contribution in [-0.2, 0) is 9.84 Å². The summed E-state index contributed by atoms with van der Waals surface area (Å²) < 4.78 is 23.5. The van der Waals surface area contributed by atoms with E-state index in [1.165, 1.54) is 19.1 Å². The van der Waals surface area contributed by atoms with Gasteiger partial charge in [-0.1, -0.05) is 6.42 Å². The zero-order chi connectivity index (χ0) is 14.0. The zero-order valence-electron chi connectivity index (χ0n) is 11.6. The fourth-order valence-corrected chi connectivity index (χ4v) is 4.30. The van der Waals surface area contributed by atoms with E-state index in [0.717, 1.165) is 32.2 Å². The number of nitrogens with zero attached hydrogens (tertiary/aromatic N) is 1. The molecule has 6 heteroatoms. The van der Waals surface area contributed by atoms with Gasteiger partial charge in [0, 0.05) is 31.3 Å². The lowest BCUT2D eigenvalue weighted by Crippen LogP contribution is -2.44. The van der Waals surface area contributed by atoms with Crippen LogP contribution in [-0.4, -0.2) is 49.3 Å². The van der Waals surface area contributed by atoms with Gasteiger partial charge >= 0.3 is 0 Å². The molecule has 2 rings (SSSR count). The molecular formula is C13H25N3O2S. The normalized spacial score (nSPS) is 28.5. The molecule has 0 radical (unpaired) electrons. The lowest BCUT2D eigenvalue weighted by atomic mass is 9.93. The minimum absolute atomic E-state index is 0.176. The molecule has 2 aliphatic carbocycles. The summed E-state index contributed by atoms with van der Waals surface area (Å²) in [6.07, 6.45) is 8.00. The molecule has 0 spiro atoms. The van der Waals surface area contributed by atoms with Crippen LogP contribution < -0.4 is 5.73 Å². The molecule has 0 aromatic heterocycles. The summed E-state index contributed by atoms with van der Waals surface area (Å²) in [6.45, 7) is 0.807. The summed E-state index contributed by atoms with van der Waals surface area (Å²) in [5.74, 6) is 0.223. The summed E-state index contributed by atoms with van der Waals surface area (Å²) in [5.41, 5.74) is 5.45. The summed E-state index contributed by atoms with van der Waals surface area (Å²) >= 11 is 0. The first-order chi connectivity index (χ1) is 8.88. The van der Waals surface area contributed by atoms with Crippen molar-refractivity contribution in [3.8, 4) is 0 Å². The molecule has 2 saturated carbocycles. The summed E-state index contributed by atoms with van der Waals surface area (Å²) in [4.78, 5) is 2.42. The highest BCUT2D eigenvalue weighted by molar-refractivity contribution is 7.91. The molecule has 2 fully saturated rings. The Hall–Kier alpha value is -0.620. The molecule has 0 aromatic rings. The SMILES string of the molecule is CS(=O)(=O)C1CCCC(N(CCC(=N)N)C2CC2)C1. The molecule has 3 N–H and O–H groups in total. The van der Waals surface area contributed by atoms with Crippen LogP contribution in [0.3, 0.4) is 0 Å². The molecule has 2 unspecified atom stereocenters. The molecule has 110 valence electrons. The van der Waals surface area contributed by atoms with Crippen molar-refractivity contribution < 1.29 is 8.42 Å². The predicted molar refractivity (Wildman–Crippen MR) is 77.1 cm³/mol. The maximum Gasteiger partial charge on any atom is 0.150 e. The van der Waals surface area contributed by atoms with E-state index in [1.807, 2.05) is 0 Å². The van der Waals surface area contributed by atoms with Crippen LogP contribution in [0.4, 0.5) is 0 Å². The summed E-state index contributed by atoms with van der Waals surface area (Å²) in [5, 5.41) is 7.18. The van der Waals surface area contributed by atoms with Gasteiger partial charge in [0.25, 0.3) is 0 Å². The van der Waals surface area contributed by atoms with E-state index in [1.54, 1.807) is 0 Å². The van der Waals surface area contributed by atoms with Crippen LogP contribution in [0.5, 0.6) is 0 Å². The first kappa shape index (κ1) is 14.8. The Kier molecular flexibility index (Phi) is 4.50.